The molecule has 0 radical (unpaired) electrons. The smallest absolute Gasteiger partial charge is 0.289 e. The number of carbonyl (C=O) groups excluding carboxylic acids is 1. The van der Waals surface area contributed by atoms with E-state index in [1.807, 2.05) is 25.1 Å². The van der Waals surface area contributed by atoms with E-state index in [9.17, 15) is 4.79 Å². The molecule has 1 aromatic heterocycles. The zero-order valence-electron chi connectivity index (χ0n) is 11.7. The van der Waals surface area contributed by atoms with Crippen molar-refractivity contribution in [1.82, 2.24) is 4.90 Å². The quantitative estimate of drug-likeness (QED) is 0.877. The molecule has 0 saturated carbocycles. The van der Waals surface area contributed by atoms with Crippen LogP contribution in [0, 0.1) is 6.92 Å². The van der Waals surface area contributed by atoms with Crippen molar-refractivity contribution in [2.45, 2.75) is 13.3 Å². The number of hydrogen-bond donors (Lipinski definition) is 1. The number of hydrogen-bond acceptors (Lipinski definition) is 3. The van der Waals surface area contributed by atoms with Crippen LogP contribution in [0.2, 0.25) is 0 Å². The molecule has 1 aromatic carbocycles. The molecular formula is C16H20N2O2. The molecule has 106 valence electrons. The normalized spacial score (nSPS) is 10.5. The van der Waals surface area contributed by atoms with Gasteiger partial charge in [-0.2, -0.15) is 0 Å². The van der Waals surface area contributed by atoms with Crippen molar-refractivity contribution in [3.05, 3.63) is 59.5 Å². The summed E-state index contributed by atoms with van der Waals surface area (Å²) in [5, 5.41) is 0. The van der Waals surface area contributed by atoms with Crippen LogP contribution in [-0.2, 0) is 6.42 Å². The minimum atomic E-state index is -0.0890. The molecule has 1 heterocycles. The highest BCUT2D eigenvalue weighted by Gasteiger charge is 2.19. The molecule has 0 atom stereocenters. The first-order chi connectivity index (χ1) is 9.72. The molecule has 0 fully saturated rings. The van der Waals surface area contributed by atoms with Crippen molar-refractivity contribution in [3.8, 4) is 0 Å². The highest BCUT2D eigenvalue weighted by atomic mass is 16.3. The van der Waals surface area contributed by atoms with Gasteiger partial charge in [0, 0.05) is 25.2 Å². The van der Waals surface area contributed by atoms with E-state index in [1.54, 1.807) is 17.2 Å². The fourth-order valence-electron chi connectivity index (χ4n) is 2.11. The Morgan fingerprint density at radius 2 is 1.95 bits per heavy atom. The van der Waals surface area contributed by atoms with Crippen molar-refractivity contribution in [2.24, 2.45) is 5.73 Å². The van der Waals surface area contributed by atoms with Gasteiger partial charge in [-0.3, -0.25) is 4.79 Å². The van der Waals surface area contributed by atoms with E-state index in [0.29, 0.717) is 25.4 Å². The molecular weight excluding hydrogens is 252 g/mol. The maximum atomic E-state index is 12.4. The second kappa shape index (κ2) is 6.91. The Balaban J connectivity index is 2.03. The molecule has 0 spiro atoms. The number of benzene rings is 1. The van der Waals surface area contributed by atoms with Gasteiger partial charge in [0.1, 0.15) is 0 Å². The number of aryl methyl sites for hydroxylation is 1. The summed E-state index contributed by atoms with van der Waals surface area (Å²) in [5.74, 6) is 0.320. The van der Waals surface area contributed by atoms with Crippen molar-refractivity contribution in [3.63, 3.8) is 0 Å². The van der Waals surface area contributed by atoms with Crippen LogP contribution in [0.4, 0.5) is 0 Å². The fraction of sp³-hybridized carbons (Fsp3) is 0.312. The molecule has 2 aromatic rings. The molecule has 1 amide bonds. The molecule has 0 aliphatic carbocycles. The molecule has 0 unspecified atom stereocenters. The lowest BCUT2D eigenvalue weighted by molar-refractivity contribution is 0.0729. The second-order valence-electron chi connectivity index (χ2n) is 4.75. The first kappa shape index (κ1) is 14.3. The van der Waals surface area contributed by atoms with Crippen LogP contribution in [-0.4, -0.2) is 30.4 Å². The van der Waals surface area contributed by atoms with Gasteiger partial charge in [-0.05, 0) is 25.0 Å². The van der Waals surface area contributed by atoms with E-state index < -0.39 is 0 Å². The minimum absolute atomic E-state index is 0.0890. The van der Waals surface area contributed by atoms with Crippen LogP contribution in [0.1, 0.15) is 21.7 Å². The summed E-state index contributed by atoms with van der Waals surface area (Å²) < 4.78 is 5.27. The maximum Gasteiger partial charge on any atom is 0.289 e. The lowest BCUT2D eigenvalue weighted by atomic mass is 10.1. The zero-order valence-corrected chi connectivity index (χ0v) is 11.7. The third-order valence-corrected chi connectivity index (χ3v) is 3.26. The van der Waals surface area contributed by atoms with Gasteiger partial charge < -0.3 is 15.1 Å². The van der Waals surface area contributed by atoms with Gasteiger partial charge in [-0.25, -0.2) is 0 Å². The summed E-state index contributed by atoms with van der Waals surface area (Å²) >= 11 is 0. The Labute approximate surface area is 119 Å². The van der Waals surface area contributed by atoms with E-state index >= 15 is 0 Å². The summed E-state index contributed by atoms with van der Waals surface area (Å²) in [7, 11) is 0. The van der Waals surface area contributed by atoms with Gasteiger partial charge in [-0.1, -0.05) is 30.3 Å². The molecule has 2 N–H and O–H groups in total. The first-order valence-electron chi connectivity index (χ1n) is 6.79. The zero-order chi connectivity index (χ0) is 14.4. The largest absolute Gasteiger partial charge is 0.459 e. The average Bonchev–Trinajstić information content (AvgIpc) is 2.90. The fourth-order valence-corrected chi connectivity index (χ4v) is 2.11. The Morgan fingerprint density at radius 1 is 1.20 bits per heavy atom. The van der Waals surface area contributed by atoms with Gasteiger partial charge in [0.25, 0.3) is 5.91 Å². The predicted molar refractivity (Wildman–Crippen MR) is 78.5 cm³/mol. The molecule has 2 rings (SSSR count). The summed E-state index contributed by atoms with van der Waals surface area (Å²) in [6.45, 7) is 3.49. The monoisotopic (exact) mass is 272 g/mol. The van der Waals surface area contributed by atoms with Gasteiger partial charge in [0.15, 0.2) is 5.76 Å². The SMILES string of the molecule is Cc1ccoc1C(=O)N(CCN)CCc1ccccc1. The van der Waals surface area contributed by atoms with Crippen LogP contribution in [0.25, 0.3) is 0 Å². The molecule has 20 heavy (non-hydrogen) atoms. The molecule has 0 aliphatic rings. The van der Waals surface area contributed by atoms with Gasteiger partial charge >= 0.3 is 0 Å². The minimum Gasteiger partial charge on any atom is -0.459 e. The summed E-state index contributed by atoms with van der Waals surface area (Å²) in [6, 6.07) is 11.9. The predicted octanol–water partition coefficient (Wildman–Crippen LogP) is 2.23. The molecule has 4 heteroatoms. The van der Waals surface area contributed by atoms with E-state index in [1.165, 1.54) is 5.56 Å². The lowest BCUT2D eigenvalue weighted by Gasteiger charge is -2.21. The molecule has 4 nitrogen and oxygen atoms in total. The number of carbonyl (C=O) groups is 1. The van der Waals surface area contributed by atoms with E-state index in [2.05, 4.69) is 12.1 Å². The summed E-state index contributed by atoms with van der Waals surface area (Å²) in [4.78, 5) is 14.2. The van der Waals surface area contributed by atoms with Gasteiger partial charge in [-0.15, -0.1) is 0 Å². The standard InChI is InChI=1S/C16H20N2O2/c1-13-8-12-20-15(13)16(19)18(11-9-17)10-7-14-5-3-2-4-6-14/h2-6,8,12H,7,9-11,17H2,1H3. The molecule has 0 saturated heterocycles. The molecule has 0 aliphatic heterocycles. The van der Waals surface area contributed by atoms with Crippen molar-refractivity contribution >= 4 is 5.91 Å². The van der Waals surface area contributed by atoms with Gasteiger partial charge in [0.05, 0.1) is 6.26 Å². The number of nitrogens with two attached hydrogens (primary N) is 1. The van der Waals surface area contributed by atoms with Crippen LogP contribution in [0.5, 0.6) is 0 Å². The van der Waals surface area contributed by atoms with E-state index in [-0.39, 0.29) is 5.91 Å². The highest BCUT2D eigenvalue weighted by Crippen LogP contribution is 2.12. The average molecular weight is 272 g/mol. The molecule has 0 bridgehead atoms. The topological polar surface area (TPSA) is 59.5 Å². The Kier molecular flexibility index (Phi) is 4.96. The maximum absolute atomic E-state index is 12.4. The van der Waals surface area contributed by atoms with Crippen LogP contribution in [0.15, 0.2) is 47.1 Å². The van der Waals surface area contributed by atoms with Crippen LogP contribution < -0.4 is 5.73 Å². The van der Waals surface area contributed by atoms with Crippen LogP contribution >= 0.6 is 0 Å². The Hall–Kier alpha value is -2.07. The van der Waals surface area contributed by atoms with Crippen molar-refractivity contribution < 1.29 is 9.21 Å². The van der Waals surface area contributed by atoms with E-state index in [0.717, 1.165) is 12.0 Å². The Morgan fingerprint density at radius 3 is 2.55 bits per heavy atom. The van der Waals surface area contributed by atoms with E-state index in [4.69, 9.17) is 10.2 Å². The number of rotatable bonds is 6. The second-order valence-corrected chi connectivity index (χ2v) is 4.75. The third-order valence-electron chi connectivity index (χ3n) is 3.26. The summed E-state index contributed by atoms with van der Waals surface area (Å²) in [6.07, 6.45) is 2.35. The van der Waals surface area contributed by atoms with Crippen LogP contribution in [0.3, 0.4) is 0 Å². The third kappa shape index (κ3) is 3.48. The number of nitrogens with zero attached hydrogens (tertiary/aromatic N) is 1. The van der Waals surface area contributed by atoms with Gasteiger partial charge in [0.2, 0.25) is 0 Å². The first-order valence-corrected chi connectivity index (χ1v) is 6.79. The Bertz CT molecular complexity index is 549. The lowest BCUT2D eigenvalue weighted by Crippen LogP contribution is -2.37. The van der Waals surface area contributed by atoms with Crippen molar-refractivity contribution in [2.75, 3.05) is 19.6 Å². The van der Waals surface area contributed by atoms with Crippen molar-refractivity contribution in [1.29, 1.82) is 0 Å². The summed E-state index contributed by atoms with van der Waals surface area (Å²) in [5.41, 5.74) is 7.67. The highest BCUT2D eigenvalue weighted by molar-refractivity contribution is 5.92. The number of furan rings is 1. The number of amides is 1.